The fourth-order valence-corrected chi connectivity index (χ4v) is 2.19. The van der Waals surface area contributed by atoms with Gasteiger partial charge in [-0.05, 0) is 18.6 Å². The predicted molar refractivity (Wildman–Crippen MR) is 70.1 cm³/mol. The lowest BCUT2D eigenvalue weighted by Crippen LogP contribution is -2.47. The van der Waals surface area contributed by atoms with Gasteiger partial charge in [0.1, 0.15) is 4.95 Å². The molecule has 0 radical (unpaired) electrons. The van der Waals surface area contributed by atoms with E-state index < -0.39 is 4.95 Å². The Morgan fingerprint density at radius 3 is 2.71 bits per heavy atom. The van der Waals surface area contributed by atoms with Crippen molar-refractivity contribution in [2.24, 2.45) is 5.73 Å². The number of halogens is 1. The highest BCUT2D eigenvalue weighted by Crippen LogP contribution is 2.23. The second-order valence-corrected chi connectivity index (χ2v) is 4.95. The Morgan fingerprint density at radius 1 is 1.47 bits per heavy atom. The smallest absolute Gasteiger partial charge is 0.255 e. The lowest BCUT2D eigenvalue weighted by atomic mass is 10.2. The van der Waals surface area contributed by atoms with E-state index in [2.05, 4.69) is 15.9 Å². The molecule has 0 saturated carbocycles. The minimum Gasteiger partial charge on any atom is -0.379 e. The Hall–Kier alpha value is -0.910. The van der Waals surface area contributed by atoms with Gasteiger partial charge in [0.2, 0.25) is 0 Å². The van der Waals surface area contributed by atoms with Crippen LogP contribution in [0.1, 0.15) is 6.42 Å². The number of anilines is 1. The van der Waals surface area contributed by atoms with Crippen molar-refractivity contribution in [3.05, 3.63) is 30.3 Å². The Balaban J connectivity index is 2.27. The normalized spacial score (nSPS) is 21.2. The molecule has 1 aromatic carbocycles. The predicted octanol–water partition coefficient (Wildman–Crippen LogP) is 1.49. The molecule has 0 bridgehead atoms. The molecule has 2 atom stereocenters. The molecule has 1 fully saturated rings. The van der Waals surface area contributed by atoms with E-state index in [1.807, 2.05) is 30.3 Å². The van der Waals surface area contributed by atoms with Crippen molar-refractivity contribution in [2.75, 3.05) is 18.1 Å². The number of benzene rings is 1. The Labute approximate surface area is 109 Å². The van der Waals surface area contributed by atoms with Crippen molar-refractivity contribution in [3.63, 3.8) is 0 Å². The molecule has 1 aromatic rings. The van der Waals surface area contributed by atoms with Crippen molar-refractivity contribution >= 4 is 27.5 Å². The van der Waals surface area contributed by atoms with Crippen LogP contribution in [0.4, 0.5) is 5.69 Å². The highest BCUT2D eigenvalue weighted by Gasteiger charge is 2.30. The number of rotatable bonds is 3. The van der Waals surface area contributed by atoms with Crippen molar-refractivity contribution < 1.29 is 9.53 Å². The first kappa shape index (κ1) is 12.5. The summed E-state index contributed by atoms with van der Waals surface area (Å²) in [7, 11) is 0. The molecule has 0 spiro atoms. The number of ether oxygens (including phenoxy) is 1. The summed E-state index contributed by atoms with van der Waals surface area (Å²) in [5.74, 6) is -0.133. The molecule has 2 unspecified atom stereocenters. The summed E-state index contributed by atoms with van der Waals surface area (Å²) >= 11 is 3.13. The van der Waals surface area contributed by atoms with Gasteiger partial charge in [-0.3, -0.25) is 4.79 Å². The van der Waals surface area contributed by atoms with E-state index >= 15 is 0 Å². The zero-order valence-corrected chi connectivity index (χ0v) is 11.0. The third-order valence-corrected chi connectivity index (χ3v) is 3.17. The molecule has 2 N–H and O–H groups in total. The van der Waals surface area contributed by atoms with Crippen LogP contribution in [-0.2, 0) is 9.53 Å². The molecule has 5 heteroatoms. The van der Waals surface area contributed by atoms with E-state index in [4.69, 9.17) is 10.5 Å². The summed E-state index contributed by atoms with van der Waals surface area (Å²) in [4.78, 5) is 13.2. The van der Waals surface area contributed by atoms with Gasteiger partial charge < -0.3 is 15.4 Å². The van der Waals surface area contributed by atoms with Crippen LogP contribution < -0.4 is 10.6 Å². The van der Waals surface area contributed by atoms with Gasteiger partial charge >= 0.3 is 0 Å². The van der Waals surface area contributed by atoms with Gasteiger partial charge in [0, 0.05) is 12.3 Å². The number of para-hydroxylation sites is 1. The van der Waals surface area contributed by atoms with E-state index in [0.29, 0.717) is 13.2 Å². The lowest BCUT2D eigenvalue weighted by molar-refractivity contribution is -0.118. The number of amides is 1. The van der Waals surface area contributed by atoms with Crippen LogP contribution in [0, 0.1) is 0 Å². The molecule has 2 rings (SSSR count). The zero-order chi connectivity index (χ0) is 12.3. The molecule has 1 aliphatic rings. The van der Waals surface area contributed by atoms with Gasteiger partial charge in [-0.2, -0.15) is 0 Å². The van der Waals surface area contributed by atoms with E-state index in [1.165, 1.54) is 0 Å². The van der Waals surface area contributed by atoms with Gasteiger partial charge in [0.25, 0.3) is 5.91 Å². The first-order chi connectivity index (χ1) is 8.20. The summed E-state index contributed by atoms with van der Waals surface area (Å²) in [5.41, 5.74) is 6.49. The van der Waals surface area contributed by atoms with Crippen LogP contribution >= 0.6 is 15.9 Å². The number of alkyl halides is 1. The molecule has 17 heavy (non-hydrogen) atoms. The molecular formula is C12H15BrN2O2. The average molecular weight is 299 g/mol. The minimum atomic E-state index is -0.677. The number of carbonyl (C=O) groups is 1. The number of nitrogens with zero attached hydrogens (tertiary/aromatic N) is 1. The van der Waals surface area contributed by atoms with E-state index in [-0.39, 0.29) is 11.9 Å². The minimum absolute atomic E-state index is 0.0773. The summed E-state index contributed by atoms with van der Waals surface area (Å²) < 4.78 is 5.34. The largest absolute Gasteiger partial charge is 0.379 e. The maximum atomic E-state index is 12.1. The Morgan fingerprint density at radius 2 is 2.18 bits per heavy atom. The van der Waals surface area contributed by atoms with Crippen LogP contribution in [0.25, 0.3) is 0 Å². The first-order valence-corrected chi connectivity index (χ1v) is 6.47. The number of carbonyl (C=O) groups excluding carboxylic acids is 1. The van der Waals surface area contributed by atoms with Crippen LogP contribution in [-0.4, -0.2) is 30.1 Å². The van der Waals surface area contributed by atoms with Crippen LogP contribution in [0.3, 0.4) is 0 Å². The van der Waals surface area contributed by atoms with Crippen molar-refractivity contribution in [1.82, 2.24) is 0 Å². The maximum Gasteiger partial charge on any atom is 0.255 e. The Bertz CT molecular complexity index is 377. The van der Waals surface area contributed by atoms with Crippen molar-refractivity contribution in [3.8, 4) is 0 Å². The summed E-state index contributed by atoms with van der Waals surface area (Å²) in [6.07, 6.45) is 0.848. The van der Waals surface area contributed by atoms with Gasteiger partial charge in [-0.15, -0.1) is 0 Å². The second kappa shape index (κ2) is 5.62. The first-order valence-electron chi connectivity index (χ1n) is 5.55. The second-order valence-electron chi connectivity index (χ2n) is 3.96. The SMILES string of the molecule is NC(Br)C(=O)N(c1ccccc1)C1CCOC1. The monoisotopic (exact) mass is 298 g/mol. The topological polar surface area (TPSA) is 55.6 Å². The van der Waals surface area contributed by atoms with E-state index in [0.717, 1.165) is 12.1 Å². The van der Waals surface area contributed by atoms with Gasteiger partial charge in [0.05, 0.1) is 12.6 Å². The van der Waals surface area contributed by atoms with Gasteiger partial charge in [-0.25, -0.2) is 0 Å². The average Bonchev–Trinajstić information content (AvgIpc) is 2.84. The standard InChI is InChI=1S/C12H15BrN2O2/c13-11(14)12(16)15(10-6-7-17-8-10)9-4-2-1-3-5-9/h1-5,10-11H,6-8,14H2. The highest BCUT2D eigenvalue weighted by atomic mass is 79.9. The van der Waals surface area contributed by atoms with Crippen LogP contribution in [0.2, 0.25) is 0 Å². The fourth-order valence-electron chi connectivity index (χ4n) is 1.97. The van der Waals surface area contributed by atoms with Crippen molar-refractivity contribution in [2.45, 2.75) is 17.4 Å². The van der Waals surface area contributed by atoms with Crippen LogP contribution in [0.5, 0.6) is 0 Å². The zero-order valence-electron chi connectivity index (χ0n) is 9.38. The molecule has 1 saturated heterocycles. The molecule has 1 aliphatic heterocycles. The lowest BCUT2D eigenvalue weighted by Gasteiger charge is -2.29. The molecular weight excluding hydrogens is 284 g/mol. The molecule has 1 amide bonds. The molecule has 4 nitrogen and oxygen atoms in total. The van der Waals surface area contributed by atoms with E-state index in [9.17, 15) is 4.79 Å². The molecule has 0 aromatic heterocycles. The summed E-state index contributed by atoms with van der Waals surface area (Å²) in [6.45, 7) is 1.26. The number of hydrogen-bond acceptors (Lipinski definition) is 3. The molecule has 1 heterocycles. The van der Waals surface area contributed by atoms with Crippen LogP contribution in [0.15, 0.2) is 30.3 Å². The molecule has 92 valence electrons. The van der Waals surface area contributed by atoms with Crippen molar-refractivity contribution in [1.29, 1.82) is 0 Å². The summed E-state index contributed by atoms with van der Waals surface area (Å²) in [5, 5.41) is 0. The quantitative estimate of drug-likeness (QED) is 0.679. The highest BCUT2D eigenvalue weighted by molar-refractivity contribution is 9.09. The maximum absolute atomic E-state index is 12.1. The number of hydrogen-bond donors (Lipinski definition) is 1. The van der Waals surface area contributed by atoms with Gasteiger partial charge in [-0.1, -0.05) is 34.1 Å². The Kier molecular flexibility index (Phi) is 4.15. The summed E-state index contributed by atoms with van der Waals surface area (Å²) in [6, 6.07) is 9.63. The molecule has 0 aliphatic carbocycles. The third-order valence-electron chi connectivity index (χ3n) is 2.78. The third kappa shape index (κ3) is 2.86. The fraction of sp³-hybridized carbons (Fsp3) is 0.417. The van der Waals surface area contributed by atoms with Gasteiger partial charge in [0.15, 0.2) is 0 Å². The van der Waals surface area contributed by atoms with E-state index in [1.54, 1.807) is 4.90 Å². The number of nitrogens with two attached hydrogens (primary N) is 1.